The van der Waals surface area contributed by atoms with Gasteiger partial charge in [-0.15, -0.1) is 12.4 Å². The molecule has 0 amide bonds. The van der Waals surface area contributed by atoms with E-state index in [-0.39, 0.29) is 24.4 Å². The number of methoxy groups -OCH3 is 1. The van der Waals surface area contributed by atoms with Crippen molar-refractivity contribution < 1.29 is 14.3 Å². The van der Waals surface area contributed by atoms with Crippen LogP contribution >= 0.6 is 12.4 Å². The summed E-state index contributed by atoms with van der Waals surface area (Å²) < 4.78 is 10.3. The van der Waals surface area contributed by atoms with Crippen molar-refractivity contribution in [1.82, 2.24) is 10.6 Å². The van der Waals surface area contributed by atoms with E-state index in [0.717, 1.165) is 25.2 Å². The van der Waals surface area contributed by atoms with Gasteiger partial charge in [0.1, 0.15) is 0 Å². The minimum absolute atomic E-state index is 0. The molecule has 0 spiro atoms. The monoisotopic (exact) mass is 286 g/mol. The number of hydrogen-bond donors (Lipinski definition) is 2. The second-order valence-electron chi connectivity index (χ2n) is 4.21. The predicted octanol–water partition coefficient (Wildman–Crippen LogP) is 1.28. The van der Waals surface area contributed by atoms with Crippen LogP contribution in [0.4, 0.5) is 0 Å². The topological polar surface area (TPSA) is 59.6 Å². The Balaban J connectivity index is 0.00000180. The van der Waals surface area contributed by atoms with Crippen LogP contribution in [0.25, 0.3) is 0 Å². The Morgan fingerprint density at radius 2 is 2.11 bits per heavy atom. The maximum Gasteiger partial charge on any atom is 0.308 e. The zero-order chi connectivity index (χ0) is 13.0. The van der Waals surface area contributed by atoms with Crippen molar-refractivity contribution >= 4 is 18.4 Å². The summed E-state index contributed by atoms with van der Waals surface area (Å²) in [6, 6.07) is 5.89. The first-order chi connectivity index (χ1) is 8.70. The smallest absolute Gasteiger partial charge is 0.308 e. The fourth-order valence-electron chi connectivity index (χ4n) is 2.03. The van der Waals surface area contributed by atoms with Crippen LogP contribution in [0, 0.1) is 0 Å². The van der Waals surface area contributed by atoms with E-state index in [1.165, 1.54) is 6.92 Å². The number of esters is 1. The highest BCUT2D eigenvalue weighted by Gasteiger charge is 2.16. The van der Waals surface area contributed by atoms with Crippen LogP contribution in [0.2, 0.25) is 0 Å². The molecular weight excluding hydrogens is 268 g/mol. The van der Waals surface area contributed by atoms with Crippen LogP contribution in [-0.4, -0.2) is 32.7 Å². The first kappa shape index (κ1) is 15.8. The Morgan fingerprint density at radius 3 is 2.68 bits per heavy atom. The Bertz CT molecular complexity index is 434. The van der Waals surface area contributed by atoms with Gasteiger partial charge in [-0.25, -0.2) is 0 Å². The van der Waals surface area contributed by atoms with Gasteiger partial charge in [-0.3, -0.25) is 4.79 Å². The quantitative estimate of drug-likeness (QED) is 0.647. The zero-order valence-corrected chi connectivity index (χ0v) is 11.9. The lowest BCUT2D eigenvalue weighted by Crippen LogP contribution is -2.42. The molecule has 19 heavy (non-hydrogen) atoms. The van der Waals surface area contributed by atoms with E-state index >= 15 is 0 Å². The van der Waals surface area contributed by atoms with Gasteiger partial charge in [0.05, 0.1) is 7.11 Å². The lowest BCUT2D eigenvalue weighted by Gasteiger charge is -2.25. The molecule has 1 fully saturated rings. The molecular formula is C13H19ClN2O3. The van der Waals surface area contributed by atoms with Crippen molar-refractivity contribution in [2.24, 2.45) is 0 Å². The fraction of sp³-hybridized carbons (Fsp3) is 0.462. The second kappa shape index (κ2) is 7.33. The second-order valence-corrected chi connectivity index (χ2v) is 4.21. The Labute approximate surface area is 119 Å². The maximum atomic E-state index is 11.0. The van der Waals surface area contributed by atoms with Crippen LogP contribution in [-0.2, 0) is 4.79 Å². The van der Waals surface area contributed by atoms with E-state index in [9.17, 15) is 4.79 Å². The number of nitrogens with one attached hydrogen (secondary N) is 2. The van der Waals surface area contributed by atoms with Crippen molar-refractivity contribution in [1.29, 1.82) is 0 Å². The third-order valence-electron chi connectivity index (χ3n) is 2.88. The van der Waals surface area contributed by atoms with E-state index < -0.39 is 0 Å². The maximum absolute atomic E-state index is 11.0. The highest BCUT2D eigenvalue weighted by atomic mass is 35.5. The van der Waals surface area contributed by atoms with E-state index in [1.54, 1.807) is 13.2 Å². The molecule has 0 radical (unpaired) electrons. The number of hydrogen-bond acceptors (Lipinski definition) is 5. The number of rotatable bonds is 3. The minimum Gasteiger partial charge on any atom is -0.493 e. The average Bonchev–Trinajstić information content (AvgIpc) is 2.39. The highest BCUT2D eigenvalue weighted by molar-refractivity contribution is 5.85. The van der Waals surface area contributed by atoms with E-state index in [2.05, 4.69) is 10.6 Å². The standard InChI is InChI=1S/C13H18N2O3.ClH/c1-9(16)18-12-4-3-10(7-13(12)17-2)11-8-14-5-6-15-11;/h3-4,7,11,14-15H,5-6,8H2,1-2H3;1H/t11-;/m0./s1. The molecule has 1 heterocycles. The molecule has 106 valence electrons. The summed E-state index contributed by atoms with van der Waals surface area (Å²) in [5, 5.41) is 6.75. The molecule has 5 nitrogen and oxygen atoms in total. The molecule has 2 rings (SSSR count). The fourth-order valence-corrected chi connectivity index (χ4v) is 2.03. The summed E-state index contributed by atoms with van der Waals surface area (Å²) in [5.74, 6) is 0.686. The predicted molar refractivity (Wildman–Crippen MR) is 75.2 cm³/mol. The summed E-state index contributed by atoms with van der Waals surface area (Å²) in [6.45, 7) is 4.19. The zero-order valence-electron chi connectivity index (χ0n) is 11.1. The SMILES string of the molecule is COc1cc([C@@H]2CNCCN2)ccc1OC(C)=O.Cl. The van der Waals surface area contributed by atoms with Crippen molar-refractivity contribution in [2.45, 2.75) is 13.0 Å². The van der Waals surface area contributed by atoms with Gasteiger partial charge in [0.2, 0.25) is 0 Å². The molecule has 0 unspecified atom stereocenters. The summed E-state index contributed by atoms with van der Waals surface area (Å²) >= 11 is 0. The Morgan fingerprint density at radius 1 is 1.32 bits per heavy atom. The molecule has 1 aromatic carbocycles. The van der Waals surface area contributed by atoms with Crippen molar-refractivity contribution in [3.63, 3.8) is 0 Å². The summed E-state index contributed by atoms with van der Waals surface area (Å²) in [5.41, 5.74) is 1.12. The first-order valence-corrected chi connectivity index (χ1v) is 6.01. The first-order valence-electron chi connectivity index (χ1n) is 6.01. The molecule has 6 heteroatoms. The van der Waals surface area contributed by atoms with E-state index in [4.69, 9.17) is 9.47 Å². The molecule has 0 saturated carbocycles. The van der Waals surface area contributed by atoms with Gasteiger partial charge < -0.3 is 20.1 Å². The molecule has 1 aromatic rings. The summed E-state index contributed by atoms with van der Waals surface area (Å²) in [4.78, 5) is 11.0. The van der Waals surface area contributed by atoms with Crippen LogP contribution in [0.5, 0.6) is 11.5 Å². The van der Waals surface area contributed by atoms with Crippen molar-refractivity contribution in [3.05, 3.63) is 23.8 Å². The van der Waals surface area contributed by atoms with Crippen molar-refractivity contribution in [3.8, 4) is 11.5 Å². The van der Waals surface area contributed by atoms with Gasteiger partial charge in [-0.2, -0.15) is 0 Å². The minimum atomic E-state index is -0.349. The normalized spacial score (nSPS) is 18.3. The number of piperazine rings is 1. The number of carbonyl (C=O) groups is 1. The van der Waals surface area contributed by atoms with Gasteiger partial charge >= 0.3 is 5.97 Å². The number of benzene rings is 1. The van der Waals surface area contributed by atoms with Gasteiger partial charge in [0, 0.05) is 32.6 Å². The molecule has 1 aliphatic heterocycles. The molecule has 1 aliphatic rings. The largest absolute Gasteiger partial charge is 0.493 e. The summed E-state index contributed by atoms with van der Waals surface area (Å²) in [7, 11) is 1.57. The average molecular weight is 287 g/mol. The number of halogens is 1. The lowest BCUT2D eigenvalue weighted by molar-refractivity contribution is -0.132. The molecule has 1 saturated heterocycles. The number of carbonyl (C=O) groups excluding carboxylic acids is 1. The molecule has 2 N–H and O–H groups in total. The highest BCUT2D eigenvalue weighted by Crippen LogP contribution is 2.30. The molecule has 0 bridgehead atoms. The van der Waals surface area contributed by atoms with Crippen LogP contribution in [0.3, 0.4) is 0 Å². The van der Waals surface area contributed by atoms with Crippen molar-refractivity contribution in [2.75, 3.05) is 26.7 Å². The third-order valence-corrected chi connectivity index (χ3v) is 2.88. The Kier molecular flexibility index (Phi) is 6.08. The molecule has 0 aromatic heterocycles. The van der Waals surface area contributed by atoms with E-state index in [0.29, 0.717) is 11.5 Å². The van der Waals surface area contributed by atoms with Crippen LogP contribution in [0.1, 0.15) is 18.5 Å². The van der Waals surface area contributed by atoms with Crippen LogP contribution in [0.15, 0.2) is 18.2 Å². The van der Waals surface area contributed by atoms with Gasteiger partial charge in [0.25, 0.3) is 0 Å². The van der Waals surface area contributed by atoms with Crippen LogP contribution < -0.4 is 20.1 Å². The summed E-state index contributed by atoms with van der Waals surface area (Å²) in [6.07, 6.45) is 0. The molecule has 1 atom stereocenters. The third kappa shape index (κ3) is 4.09. The Hall–Kier alpha value is -1.30. The van der Waals surface area contributed by atoms with Gasteiger partial charge in [-0.1, -0.05) is 6.07 Å². The van der Waals surface area contributed by atoms with E-state index in [1.807, 2.05) is 12.1 Å². The number of ether oxygens (including phenoxy) is 2. The van der Waals surface area contributed by atoms with Gasteiger partial charge in [-0.05, 0) is 17.7 Å². The van der Waals surface area contributed by atoms with Gasteiger partial charge in [0.15, 0.2) is 11.5 Å². The molecule has 0 aliphatic carbocycles. The lowest BCUT2D eigenvalue weighted by atomic mass is 10.0.